The first-order chi connectivity index (χ1) is 12.6. The number of hydrogen-bond donors (Lipinski definition) is 1. The lowest BCUT2D eigenvalue weighted by Gasteiger charge is -2.32. The van der Waals surface area contributed by atoms with Crippen molar-refractivity contribution in [3.8, 4) is 0 Å². The van der Waals surface area contributed by atoms with Crippen LogP contribution in [0.1, 0.15) is 48.5 Å². The molecule has 7 nitrogen and oxygen atoms in total. The van der Waals surface area contributed by atoms with Gasteiger partial charge in [-0.3, -0.25) is 4.90 Å². The zero-order valence-electron chi connectivity index (χ0n) is 15.4. The molecule has 1 aliphatic rings. The topological polar surface area (TPSA) is 85.2 Å². The van der Waals surface area contributed by atoms with Crippen LogP contribution in [0, 0.1) is 6.92 Å². The van der Waals surface area contributed by atoms with E-state index in [1.54, 1.807) is 4.52 Å². The van der Waals surface area contributed by atoms with E-state index >= 15 is 0 Å². The molecule has 0 bridgehead atoms. The maximum atomic E-state index is 6.19. The first-order valence-electron chi connectivity index (χ1n) is 9.27. The number of nitrogens with zero attached hydrogens (tertiary/aromatic N) is 6. The average Bonchev–Trinajstić information content (AvgIpc) is 3.03. The molecule has 1 aliphatic heterocycles. The summed E-state index contributed by atoms with van der Waals surface area (Å²) in [5, 5.41) is 4.39. The lowest BCUT2D eigenvalue weighted by Crippen LogP contribution is -2.34. The fourth-order valence-electron chi connectivity index (χ4n) is 3.69. The number of aryl methyl sites for hydroxylation is 2. The van der Waals surface area contributed by atoms with Crippen LogP contribution in [0.2, 0.25) is 0 Å². The zero-order chi connectivity index (χ0) is 18.1. The molecule has 0 unspecified atom stereocenters. The highest BCUT2D eigenvalue weighted by atomic mass is 15.3. The predicted molar refractivity (Wildman–Crippen MR) is 101 cm³/mol. The molecule has 7 heteroatoms. The number of rotatable bonds is 4. The Labute approximate surface area is 153 Å². The van der Waals surface area contributed by atoms with Crippen LogP contribution >= 0.6 is 0 Å². The molecule has 2 N–H and O–H groups in total. The van der Waals surface area contributed by atoms with Crippen LogP contribution in [0.25, 0.3) is 5.65 Å². The summed E-state index contributed by atoms with van der Waals surface area (Å²) < 4.78 is 1.71. The summed E-state index contributed by atoms with van der Waals surface area (Å²) >= 11 is 0. The summed E-state index contributed by atoms with van der Waals surface area (Å²) in [6, 6.07) is 3.96. The van der Waals surface area contributed by atoms with Crippen molar-refractivity contribution < 1.29 is 0 Å². The van der Waals surface area contributed by atoms with Gasteiger partial charge in [-0.1, -0.05) is 6.92 Å². The highest BCUT2D eigenvalue weighted by molar-refractivity contribution is 5.48. The molecular formula is C19H25N7. The largest absolute Gasteiger partial charge is 0.384 e. The molecule has 4 rings (SSSR count). The summed E-state index contributed by atoms with van der Waals surface area (Å²) in [6.45, 7) is 6.98. The number of fused-ring (bicyclic) bond motifs is 1. The normalized spacial score (nSPS) is 18.5. The summed E-state index contributed by atoms with van der Waals surface area (Å²) in [5.41, 5.74) is 10.2. The smallest absolute Gasteiger partial charge is 0.157 e. The molecule has 3 aromatic rings. The highest BCUT2D eigenvalue weighted by Gasteiger charge is 2.23. The number of anilines is 1. The van der Waals surface area contributed by atoms with Crippen LogP contribution in [0.4, 0.5) is 5.82 Å². The molecule has 0 radical (unpaired) electrons. The van der Waals surface area contributed by atoms with Crippen molar-refractivity contribution in [1.82, 2.24) is 29.5 Å². The van der Waals surface area contributed by atoms with Gasteiger partial charge < -0.3 is 5.73 Å². The van der Waals surface area contributed by atoms with Crippen molar-refractivity contribution in [1.29, 1.82) is 0 Å². The molecule has 0 aromatic carbocycles. The SMILES string of the molecule is CCc1ncc(CN2CCC[C@@H](c3cc(N)n4nc(C)cc4n3)C2)cn1. The van der Waals surface area contributed by atoms with E-state index in [1.807, 2.05) is 31.5 Å². The molecule has 1 saturated heterocycles. The van der Waals surface area contributed by atoms with Gasteiger partial charge in [0.2, 0.25) is 0 Å². The van der Waals surface area contributed by atoms with Gasteiger partial charge >= 0.3 is 0 Å². The molecule has 4 heterocycles. The second kappa shape index (κ2) is 6.99. The Bertz CT molecular complexity index is 900. The van der Waals surface area contributed by atoms with Gasteiger partial charge in [-0.25, -0.2) is 15.0 Å². The summed E-state index contributed by atoms with van der Waals surface area (Å²) in [6.07, 6.45) is 7.07. The molecular weight excluding hydrogens is 326 g/mol. The van der Waals surface area contributed by atoms with Gasteiger partial charge in [0.25, 0.3) is 0 Å². The van der Waals surface area contributed by atoms with Crippen LogP contribution in [0.5, 0.6) is 0 Å². The van der Waals surface area contributed by atoms with E-state index < -0.39 is 0 Å². The lowest BCUT2D eigenvalue weighted by atomic mass is 9.94. The van der Waals surface area contributed by atoms with Gasteiger partial charge in [-0.2, -0.15) is 9.61 Å². The van der Waals surface area contributed by atoms with Crippen molar-refractivity contribution >= 4 is 11.5 Å². The van der Waals surface area contributed by atoms with Gasteiger partial charge in [-0.05, 0) is 26.3 Å². The van der Waals surface area contributed by atoms with Crippen molar-refractivity contribution in [3.05, 3.63) is 47.3 Å². The first kappa shape index (κ1) is 16.9. The van der Waals surface area contributed by atoms with Gasteiger partial charge in [-0.15, -0.1) is 0 Å². The summed E-state index contributed by atoms with van der Waals surface area (Å²) in [7, 11) is 0. The van der Waals surface area contributed by atoms with Crippen molar-refractivity contribution in [2.45, 2.75) is 45.6 Å². The molecule has 0 aliphatic carbocycles. The first-order valence-corrected chi connectivity index (χ1v) is 9.27. The number of likely N-dealkylation sites (tertiary alicyclic amines) is 1. The Kier molecular flexibility index (Phi) is 4.55. The van der Waals surface area contributed by atoms with Crippen LogP contribution in [-0.2, 0) is 13.0 Å². The van der Waals surface area contributed by atoms with Crippen molar-refractivity contribution in [2.24, 2.45) is 0 Å². The van der Waals surface area contributed by atoms with Crippen LogP contribution in [-0.4, -0.2) is 42.6 Å². The number of hydrogen-bond acceptors (Lipinski definition) is 6. The van der Waals surface area contributed by atoms with E-state index in [2.05, 4.69) is 26.9 Å². The minimum atomic E-state index is 0.391. The monoisotopic (exact) mass is 351 g/mol. The standard InChI is InChI=1S/C19H25N7/c1-3-18-21-9-14(10-22-18)11-25-6-4-5-15(12-25)16-8-17(20)26-19(23-16)7-13(2)24-26/h7-10,15H,3-6,11-12,20H2,1-2H3/t15-/m1/s1. The van der Waals surface area contributed by atoms with Crippen molar-refractivity contribution in [3.63, 3.8) is 0 Å². The predicted octanol–water partition coefficient (Wildman–Crippen LogP) is 2.35. The van der Waals surface area contributed by atoms with Gasteiger partial charge in [0.15, 0.2) is 5.65 Å². The average molecular weight is 351 g/mol. The Morgan fingerprint density at radius 1 is 1.23 bits per heavy atom. The molecule has 136 valence electrons. The number of nitrogens with two attached hydrogens (primary N) is 1. The number of aromatic nitrogens is 5. The van der Waals surface area contributed by atoms with E-state index in [9.17, 15) is 0 Å². The Morgan fingerprint density at radius 2 is 2.04 bits per heavy atom. The molecule has 3 aromatic heterocycles. The maximum absolute atomic E-state index is 6.19. The van der Waals surface area contributed by atoms with E-state index in [-0.39, 0.29) is 0 Å². The van der Waals surface area contributed by atoms with Crippen molar-refractivity contribution in [2.75, 3.05) is 18.8 Å². The van der Waals surface area contributed by atoms with E-state index in [0.717, 1.165) is 67.3 Å². The molecule has 1 atom stereocenters. The Morgan fingerprint density at radius 3 is 2.81 bits per heavy atom. The third-order valence-electron chi connectivity index (χ3n) is 5.00. The minimum absolute atomic E-state index is 0.391. The summed E-state index contributed by atoms with van der Waals surface area (Å²) in [5.74, 6) is 1.94. The number of piperidine rings is 1. The Balaban J connectivity index is 1.51. The quantitative estimate of drug-likeness (QED) is 0.777. The maximum Gasteiger partial charge on any atom is 0.157 e. The van der Waals surface area contributed by atoms with E-state index in [1.165, 1.54) is 0 Å². The van der Waals surface area contributed by atoms with Crippen LogP contribution < -0.4 is 5.73 Å². The lowest BCUT2D eigenvalue weighted by molar-refractivity contribution is 0.198. The minimum Gasteiger partial charge on any atom is -0.384 e. The zero-order valence-corrected chi connectivity index (χ0v) is 15.4. The van der Waals surface area contributed by atoms with Gasteiger partial charge in [0.1, 0.15) is 11.6 Å². The van der Waals surface area contributed by atoms with Crippen LogP contribution in [0.15, 0.2) is 24.5 Å². The fourth-order valence-corrected chi connectivity index (χ4v) is 3.69. The summed E-state index contributed by atoms with van der Waals surface area (Å²) in [4.78, 5) is 16.1. The molecule has 26 heavy (non-hydrogen) atoms. The Hall–Kier alpha value is -2.54. The molecule has 0 spiro atoms. The van der Waals surface area contributed by atoms with E-state index in [4.69, 9.17) is 10.7 Å². The second-order valence-corrected chi connectivity index (χ2v) is 7.10. The highest BCUT2D eigenvalue weighted by Crippen LogP contribution is 2.28. The molecule has 0 saturated carbocycles. The van der Waals surface area contributed by atoms with E-state index in [0.29, 0.717) is 11.7 Å². The third-order valence-corrected chi connectivity index (χ3v) is 5.00. The van der Waals surface area contributed by atoms with Crippen LogP contribution in [0.3, 0.4) is 0 Å². The molecule has 1 fully saturated rings. The molecule has 0 amide bonds. The third kappa shape index (κ3) is 3.39. The fraction of sp³-hybridized carbons (Fsp3) is 0.474. The second-order valence-electron chi connectivity index (χ2n) is 7.10. The van der Waals surface area contributed by atoms with Gasteiger partial charge in [0, 0.05) is 55.5 Å². The van der Waals surface area contributed by atoms with Gasteiger partial charge in [0.05, 0.1) is 11.4 Å². The number of nitrogen functional groups attached to an aromatic ring is 1.